The highest BCUT2D eigenvalue weighted by Crippen LogP contribution is 2.37. The minimum absolute atomic E-state index is 0.150. The van der Waals surface area contributed by atoms with E-state index >= 15 is 0 Å². The van der Waals surface area contributed by atoms with E-state index in [1.54, 1.807) is 6.07 Å². The van der Waals surface area contributed by atoms with Gasteiger partial charge in [0.25, 0.3) is 5.91 Å². The van der Waals surface area contributed by atoms with Crippen LogP contribution in [0.3, 0.4) is 0 Å². The summed E-state index contributed by atoms with van der Waals surface area (Å²) in [6.45, 7) is 1.39. The van der Waals surface area contributed by atoms with Gasteiger partial charge in [0.2, 0.25) is 10.0 Å². The minimum atomic E-state index is -3.60. The Labute approximate surface area is 173 Å². The number of halogens is 1. The van der Waals surface area contributed by atoms with Crippen molar-refractivity contribution in [1.29, 1.82) is 0 Å². The molecule has 29 heavy (non-hydrogen) atoms. The molecule has 2 aromatic carbocycles. The average Bonchev–Trinajstić information content (AvgIpc) is 2.75. The Morgan fingerprint density at radius 2 is 1.86 bits per heavy atom. The summed E-state index contributed by atoms with van der Waals surface area (Å²) in [5.74, 6) is 0.131. The van der Waals surface area contributed by atoms with Crippen LogP contribution in [0.25, 0.3) is 0 Å². The maximum Gasteiger partial charge on any atom is 0.251 e. The number of rotatable bonds is 4. The Bertz CT molecular complexity index is 1010. The summed E-state index contributed by atoms with van der Waals surface area (Å²) in [7, 11) is -3.60. The molecule has 1 fully saturated rings. The molecule has 2 aliphatic rings. The molecule has 6 nitrogen and oxygen atoms in total. The van der Waals surface area contributed by atoms with E-state index in [9.17, 15) is 17.6 Å². The highest BCUT2D eigenvalue weighted by atomic mass is 32.2. The number of fused-ring (bicyclic) bond motifs is 1. The second-order valence-corrected chi connectivity index (χ2v) is 9.91. The van der Waals surface area contributed by atoms with Crippen LogP contribution in [0.1, 0.15) is 28.4 Å². The Morgan fingerprint density at radius 3 is 2.59 bits per heavy atom. The van der Waals surface area contributed by atoms with Crippen molar-refractivity contribution < 1.29 is 22.3 Å². The number of thioether (sulfide) groups is 1. The molecular weight excluding hydrogens is 415 g/mol. The summed E-state index contributed by atoms with van der Waals surface area (Å²) < 4.78 is 46.0. The number of hydrogen-bond acceptors (Lipinski definition) is 5. The summed E-state index contributed by atoms with van der Waals surface area (Å²) in [6, 6.07) is 10.5. The van der Waals surface area contributed by atoms with Gasteiger partial charge in [0, 0.05) is 29.3 Å². The lowest BCUT2D eigenvalue weighted by molar-refractivity contribution is 0.0730. The number of carbonyl (C=O) groups is 1. The van der Waals surface area contributed by atoms with Crippen LogP contribution in [0, 0.1) is 5.82 Å². The number of amides is 1. The SMILES string of the molecule is O=C(NC1CCSc2c(F)cccc21)c1ccc(S(=O)(=O)N2CCOCC2)cc1. The van der Waals surface area contributed by atoms with Crippen molar-refractivity contribution in [3.05, 3.63) is 59.4 Å². The number of ether oxygens (including phenoxy) is 1. The van der Waals surface area contributed by atoms with Gasteiger partial charge in [-0.05, 0) is 42.3 Å². The van der Waals surface area contributed by atoms with Crippen molar-refractivity contribution >= 4 is 27.7 Å². The number of nitrogens with one attached hydrogen (secondary N) is 1. The lowest BCUT2D eigenvalue weighted by Gasteiger charge is -2.26. The molecule has 2 heterocycles. The van der Waals surface area contributed by atoms with Crippen molar-refractivity contribution in [2.75, 3.05) is 32.1 Å². The zero-order valence-corrected chi connectivity index (χ0v) is 17.3. The predicted octanol–water partition coefficient (Wildman–Crippen LogP) is 2.81. The number of morpholine rings is 1. The van der Waals surface area contributed by atoms with Crippen LogP contribution in [0.15, 0.2) is 52.3 Å². The molecule has 1 saturated heterocycles. The van der Waals surface area contributed by atoms with E-state index in [4.69, 9.17) is 4.74 Å². The van der Waals surface area contributed by atoms with Gasteiger partial charge < -0.3 is 10.1 Å². The van der Waals surface area contributed by atoms with Gasteiger partial charge in [0.05, 0.1) is 24.2 Å². The summed E-state index contributed by atoms with van der Waals surface area (Å²) >= 11 is 1.45. The van der Waals surface area contributed by atoms with E-state index in [0.29, 0.717) is 43.2 Å². The van der Waals surface area contributed by atoms with Crippen LogP contribution in [0.2, 0.25) is 0 Å². The van der Waals surface area contributed by atoms with E-state index < -0.39 is 10.0 Å². The van der Waals surface area contributed by atoms with Gasteiger partial charge in [-0.1, -0.05) is 12.1 Å². The molecule has 0 saturated carbocycles. The van der Waals surface area contributed by atoms with Crippen molar-refractivity contribution in [3.63, 3.8) is 0 Å². The van der Waals surface area contributed by atoms with E-state index in [1.165, 1.54) is 46.4 Å². The second kappa shape index (κ2) is 8.43. The third kappa shape index (κ3) is 4.18. The lowest BCUT2D eigenvalue weighted by Crippen LogP contribution is -2.40. The molecule has 1 atom stereocenters. The molecule has 2 aromatic rings. The Balaban J connectivity index is 1.49. The van der Waals surface area contributed by atoms with Gasteiger partial charge in [-0.25, -0.2) is 12.8 Å². The van der Waals surface area contributed by atoms with E-state index in [-0.39, 0.29) is 22.7 Å². The van der Waals surface area contributed by atoms with Crippen molar-refractivity contribution in [2.24, 2.45) is 0 Å². The van der Waals surface area contributed by atoms with Crippen molar-refractivity contribution in [3.8, 4) is 0 Å². The zero-order chi connectivity index (χ0) is 20.4. The number of nitrogens with zero attached hydrogens (tertiary/aromatic N) is 1. The molecule has 0 spiro atoms. The largest absolute Gasteiger partial charge is 0.379 e. The second-order valence-electron chi connectivity index (χ2n) is 6.86. The van der Waals surface area contributed by atoms with Gasteiger partial charge in [-0.2, -0.15) is 4.31 Å². The first-order chi connectivity index (χ1) is 14.0. The third-order valence-electron chi connectivity index (χ3n) is 5.06. The van der Waals surface area contributed by atoms with Crippen molar-refractivity contribution in [2.45, 2.75) is 22.3 Å². The highest BCUT2D eigenvalue weighted by molar-refractivity contribution is 7.99. The fourth-order valence-corrected chi connectivity index (χ4v) is 6.04. The van der Waals surface area contributed by atoms with Gasteiger partial charge >= 0.3 is 0 Å². The van der Waals surface area contributed by atoms with Gasteiger partial charge in [-0.3, -0.25) is 4.79 Å². The van der Waals surface area contributed by atoms with E-state index in [2.05, 4.69) is 5.32 Å². The number of hydrogen-bond donors (Lipinski definition) is 1. The molecule has 1 amide bonds. The first kappa shape index (κ1) is 20.3. The fraction of sp³-hybridized carbons (Fsp3) is 0.350. The molecule has 9 heteroatoms. The average molecular weight is 437 g/mol. The van der Waals surface area contributed by atoms with Gasteiger partial charge in [-0.15, -0.1) is 11.8 Å². The molecule has 4 rings (SSSR count). The molecule has 154 valence electrons. The summed E-state index contributed by atoms with van der Waals surface area (Å²) in [5.41, 5.74) is 1.14. The Kier molecular flexibility index (Phi) is 5.91. The first-order valence-electron chi connectivity index (χ1n) is 9.37. The normalized spacial score (nSPS) is 20.1. The van der Waals surface area contributed by atoms with Crippen molar-refractivity contribution in [1.82, 2.24) is 9.62 Å². The maximum absolute atomic E-state index is 14.0. The number of carbonyl (C=O) groups excluding carboxylic acids is 1. The molecule has 2 aliphatic heterocycles. The van der Waals surface area contributed by atoms with Crippen LogP contribution < -0.4 is 5.32 Å². The molecule has 0 bridgehead atoms. The molecule has 0 aromatic heterocycles. The molecule has 1 unspecified atom stereocenters. The topological polar surface area (TPSA) is 75.7 Å². The van der Waals surface area contributed by atoms with Gasteiger partial charge in [0.1, 0.15) is 5.82 Å². The Morgan fingerprint density at radius 1 is 1.14 bits per heavy atom. The minimum Gasteiger partial charge on any atom is -0.379 e. The van der Waals surface area contributed by atoms with E-state index in [0.717, 1.165) is 11.3 Å². The van der Waals surface area contributed by atoms with Crippen LogP contribution in [-0.2, 0) is 14.8 Å². The lowest BCUT2D eigenvalue weighted by atomic mass is 10.0. The fourth-order valence-electron chi connectivity index (χ4n) is 3.49. The summed E-state index contributed by atoms with van der Waals surface area (Å²) in [6.07, 6.45) is 0.705. The highest BCUT2D eigenvalue weighted by Gasteiger charge is 2.27. The predicted molar refractivity (Wildman–Crippen MR) is 108 cm³/mol. The number of sulfonamides is 1. The quantitative estimate of drug-likeness (QED) is 0.798. The summed E-state index contributed by atoms with van der Waals surface area (Å²) in [5, 5.41) is 2.94. The van der Waals surface area contributed by atoms with Crippen LogP contribution in [0.5, 0.6) is 0 Å². The third-order valence-corrected chi connectivity index (χ3v) is 8.13. The molecule has 0 aliphatic carbocycles. The molecular formula is C20H21FN2O4S2. The van der Waals surface area contributed by atoms with Crippen LogP contribution >= 0.6 is 11.8 Å². The molecule has 1 N–H and O–H groups in total. The Hall–Kier alpha value is -1.94. The van der Waals surface area contributed by atoms with Crippen LogP contribution in [0.4, 0.5) is 4.39 Å². The monoisotopic (exact) mass is 436 g/mol. The zero-order valence-electron chi connectivity index (χ0n) is 15.6. The smallest absolute Gasteiger partial charge is 0.251 e. The number of benzene rings is 2. The first-order valence-corrected chi connectivity index (χ1v) is 11.8. The summed E-state index contributed by atoms with van der Waals surface area (Å²) in [4.78, 5) is 13.4. The van der Waals surface area contributed by atoms with Gasteiger partial charge in [0.15, 0.2) is 0 Å². The van der Waals surface area contributed by atoms with Crippen LogP contribution in [-0.4, -0.2) is 50.7 Å². The standard InChI is InChI=1S/C20H21FN2O4S2/c21-17-3-1-2-16-18(8-13-28-19(16)17)22-20(24)14-4-6-15(7-5-14)29(25,26)23-9-11-27-12-10-23/h1-7,18H,8-13H2,(H,22,24). The molecule has 0 radical (unpaired) electrons. The van der Waals surface area contributed by atoms with E-state index in [1.807, 2.05) is 6.07 Å². The maximum atomic E-state index is 14.0.